The number of hydrogen-bond donors (Lipinski definition) is 3. The van der Waals surface area contributed by atoms with Gasteiger partial charge in [-0.15, -0.1) is 0 Å². The number of amides is 1. The van der Waals surface area contributed by atoms with Crippen LogP contribution in [-0.4, -0.2) is 40.3 Å². The van der Waals surface area contributed by atoms with Gasteiger partial charge in [0.25, 0.3) is 5.91 Å². The summed E-state index contributed by atoms with van der Waals surface area (Å²) in [5.41, 5.74) is 1.60. The Morgan fingerprint density at radius 2 is 2.17 bits per heavy atom. The van der Waals surface area contributed by atoms with Crippen LogP contribution in [0, 0.1) is 0 Å². The van der Waals surface area contributed by atoms with E-state index in [0.717, 1.165) is 18.4 Å². The van der Waals surface area contributed by atoms with Gasteiger partial charge in [0.2, 0.25) is 0 Å². The molecule has 0 aliphatic carbocycles. The molecule has 0 spiro atoms. The number of ether oxygens (including phenoxy) is 1. The first-order chi connectivity index (χ1) is 11.5. The van der Waals surface area contributed by atoms with Gasteiger partial charge in [-0.1, -0.05) is 31.9 Å². The minimum absolute atomic E-state index is 0.218. The number of unbranched alkanes of at least 4 members (excludes halogenated alkanes) is 1. The highest BCUT2D eigenvalue weighted by Gasteiger charge is 2.21. The number of aromatic nitrogens is 2. The molecule has 7 heteroatoms. The zero-order valence-electron chi connectivity index (χ0n) is 13.7. The lowest BCUT2D eigenvalue weighted by molar-refractivity contribution is -0.139. The van der Waals surface area contributed by atoms with Crippen molar-refractivity contribution in [1.82, 2.24) is 15.5 Å². The highest BCUT2D eigenvalue weighted by Crippen LogP contribution is 2.22. The number of carboxylic acids is 1. The maximum absolute atomic E-state index is 12.2. The van der Waals surface area contributed by atoms with E-state index in [0.29, 0.717) is 17.9 Å². The molecular weight excluding hydrogens is 310 g/mol. The summed E-state index contributed by atoms with van der Waals surface area (Å²) in [7, 11) is 1.57. The smallest absolute Gasteiger partial charge is 0.326 e. The summed E-state index contributed by atoms with van der Waals surface area (Å²) < 4.78 is 5.16. The van der Waals surface area contributed by atoms with Crippen LogP contribution in [0.15, 0.2) is 30.3 Å². The number of carbonyl (C=O) groups is 2. The molecule has 0 saturated carbocycles. The first-order valence-electron chi connectivity index (χ1n) is 7.78. The fourth-order valence-electron chi connectivity index (χ4n) is 2.27. The largest absolute Gasteiger partial charge is 0.497 e. The Kier molecular flexibility index (Phi) is 5.95. The lowest BCUT2D eigenvalue weighted by Crippen LogP contribution is -2.40. The number of hydrogen-bond acceptors (Lipinski definition) is 4. The maximum Gasteiger partial charge on any atom is 0.326 e. The van der Waals surface area contributed by atoms with Crippen molar-refractivity contribution >= 4 is 11.9 Å². The van der Waals surface area contributed by atoms with Gasteiger partial charge >= 0.3 is 5.97 Å². The number of H-pyrrole nitrogens is 1. The van der Waals surface area contributed by atoms with Gasteiger partial charge in [-0.2, -0.15) is 5.10 Å². The first kappa shape index (κ1) is 17.5. The van der Waals surface area contributed by atoms with E-state index in [1.165, 1.54) is 0 Å². The Balaban J connectivity index is 2.11. The van der Waals surface area contributed by atoms with Crippen LogP contribution in [0.2, 0.25) is 0 Å². The van der Waals surface area contributed by atoms with E-state index >= 15 is 0 Å². The van der Waals surface area contributed by atoms with Crippen LogP contribution < -0.4 is 10.1 Å². The van der Waals surface area contributed by atoms with Gasteiger partial charge in [-0.25, -0.2) is 4.79 Å². The predicted molar refractivity (Wildman–Crippen MR) is 89.0 cm³/mol. The van der Waals surface area contributed by atoms with Crippen molar-refractivity contribution in [1.29, 1.82) is 0 Å². The Hall–Kier alpha value is -2.83. The summed E-state index contributed by atoms with van der Waals surface area (Å²) >= 11 is 0. The molecule has 0 radical (unpaired) electrons. The number of nitrogens with zero attached hydrogens (tertiary/aromatic N) is 1. The van der Waals surface area contributed by atoms with E-state index < -0.39 is 17.9 Å². The van der Waals surface area contributed by atoms with Gasteiger partial charge in [0, 0.05) is 5.56 Å². The predicted octanol–water partition coefficient (Wildman–Crippen LogP) is 2.46. The molecule has 2 rings (SSSR count). The average Bonchev–Trinajstić information content (AvgIpc) is 3.08. The van der Waals surface area contributed by atoms with Crippen LogP contribution in [0.4, 0.5) is 0 Å². The topological polar surface area (TPSA) is 104 Å². The zero-order valence-corrected chi connectivity index (χ0v) is 13.7. The number of benzene rings is 1. The second kappa shape index (κ2) is 8.14. The van der Waals surface area contributed by atoms with Crippen LogP contribution in [-0.2, 0) is 4.79 Å². The summed E-state index contributed by atoms with van der Waals surface area (Å²) in [6.45, 7) is 1.97. The normalized spacial score (nSPS) is 11.8. The van der Waals surface area contributed by atoms with E-state index in [9.17, 15) is 14.7 Å². The summed E-state index contributed by atoms with van der Waals surface area (Å²) in [5.74, 6) is -0.837. The molecule has 1 amide bonds. The number of rotatable bonds is 8. The van der Waals surface area contributed by atoms with Crippen molar-refractivity contribution in [3.8, 4) is 17.0 Å². The minimum atomic E-state index is -1.04. The van der Waals surface area contributed by atoms with Gasteiger partial charge in [-0.3, -0.25) is 9.89 Å². The molecule has 7 nitrogen and oxygen atoms in total. The Bertz CT molecular complexity index is 711. The Labute approximate surface area is 140 Å². The fraction of sp³-hybridized carbons (Fsp3) is 0.353. The molecule has 0 aliphatic rings. The highest BCUT2D eigenvalue weighted by molar-refractivity contribution is 5.95. The molecule has 1 atom stereocenters. The molecule has 1 aromatic carbocycles. The molecule has 0 bridgehead atoms. The van der Waals surface area contributed by atoms with E-state index in [2.05, 4.69) is 15.5 Å². The summed E-state index contributed by atoms with van der Waals surface area (Å²) in [6.07, 6.45) is 1.99. The zero-order chi connectivity index (χ0) is 17.5. The molecule has 0 aliphatic heterocycles. The number of nitrogens with one attached hydrogen (secondary N) is 2. The third-order valence-electron chi connectivity index (χ3n) is 3.64. The second-order valence-corrected chi connectivity index (χ2v) is 5.41. The third kappa shape index (κ3) is 4.34. The molecule has 1 heterocycles. The maximum atomic E-state index is 12.2. The molecule has 0 fully saturated rings. The molecule has 0 saturated heterocycles. The molecule has 3 N–H and O–H groups in total. The molecular formula is C17H21N3O4. The van der Waals surface area contributed by atoms with Crippen LogP contribution in [0.1, 0.15) is 36.7 Å². The monoisotopic (exact) mass is 331 g/mol. The second-order valence-electron chi connectivity index (χ2n) is 5.41. The first-order valence-corrected chi connectivity index (χ1v) is 7.78. The SMILES string of the molecule is CCCCC(NC(=O)c1cc(-c2cccc(OC)c2)n[nH]1)C(=O)O. The number of carboxylic acid groups (broad SMARTS) is 1. The number of carbonyl (C=O) groups excluding carboxylic acids is 1. The van der Waals surface area contributed by atoms with Crippen LogP contribution in [0.5, 0.6) is 5.75 Å². The number of aromatic amines is 1. The molecule has 128 valence electrons. The molecule has 2 aromatic rings. The molecule has 24 heavy (non-hydrogen) atoms. The summed E-state index contributed by atoms with van der Waals surface area (Å²) in [4.78, 5) is 23.4. The van der Waals surface area contributed by atoms with E-state index in [4.69, 9.17) is 4.74 Å². The minimum Gasteiger partial charge on any atom is -0.497 e. The number of aliphatic carboxylic acids is 1. The van der Waals surface area contributed by atoms with Crippen molar-refractivity contribution in [2.75, 3.05) is 7.11 Å². The van der Waals surface area contributed by atoms with Crippen molar-refractivity contribution in [2.45, 2.75) is 32.2 Å². The average molecular weight is 331 g/mol. The quantitative estimate of drug-likeness (QED) is 0.689. The summed E-state index contributed by atoms with van der Waals surface area (Å²) in [5, 5.41) is 18.5. The standard InChI is InChI=1S/C17H21N3O4/c1-3-4-8-13(17(22)23)18-16(21)15-10-14(19-20-15)11-6-5-7-12(9-11)24-2/h5-7,9-10,13H,3-4,8H2,1-2H3,(H,18,21)(H,19,20)(H,22,23). The van der Waals surface area contributed by atoms with Crippen LogP contribution in [0.3, 0.4) is 0 Å². The van der Waals surface area contributed by atoms with Crippen molar-refractivity contribution in [2.24, 2.45) is 0 Å². The lowest BCUT2D eigenvalue weighted by atomic mass is 10.1. The highest BCUT2D eigenvalue weighted by atomic mass is 16.5. The summed E-state index contributed by atoms with van der Waals surface area (Å²) in [6, 6.07) is 7.98. The van der Waals surface area contributed by atoms with E-state index in [-0.39, 0.29) is 5.69 Å². The molecule has 1 aromatic heterocycles. The lowest BCUT2D eigenvalue weighted by Gasteiger charge is -2.13. The number of methoxy groups -OCH3 is 1. The van der Waals surface area contributed by atoms with Gasteiger partial charge in [0.1, 0.15) is 17.5 Å². The van der Waals surface area contributed by atoms with E-state index in [1.807, 2.05) is 25.1 Å². The van der Waals surface area contributed by atoms with Gasteiger partial charge in [0.05, 0.1) is 12.8 Å². The third-order valence-corrected chi connectivity index (χ3v) is 3.64. The van der Waals surface area contributed by atoms with Crippen LogP contribution in [0.25, 0.3) is 11.3 Å². The van der Waals surface area contributed by atoms with Gasteiger partial charge in [0.15, 0.2) is 0 Å². The van der Waals surface area contributed by atoms with Crippen molar-refractivity contribution in [3.63, 3.8) is 0 Å². The Morgan fingerprint density at radius 3 is 2.83 bits per heavy atom. The van der Waals surface area contributed by atoms with E-state index in [1.54, 1.807) is 19.2 Å². The molecule has 1 unspecified atom stereocenters. The van der Waals surface area contributed by atoms with Gasteiger partial charge in [-0.05, 0) is 24.6 Å². The van der Waals surface area contributed by atoms with Crippen LogP contribution >= 0.6 is 0 Å². The van der Waals surface area contributed by atoms with Crippen molar-refractivity contribution < 1.29 is 19.4 Å². The fourth-order valence-corrected chi connectivity index (χ4v) is 2.27. The Morgan fingerprint density at radius 1 is 1.38 bits per heavy atom. The van der Waals surface area contributed by atoms with Gasteiger partial charge < -0.3 is 15.2 Å². The van der Waals surface area contributed by atoms with Crippen molar-refractivity contribution in [3.05, 3.63) is 36.0 Å².